The highest BCUT2D eigenvalue weighted by Gasteiger charge is 2.19. The molecule has 7 heteroatoms. The number of halogens is 1. The first-order valence-electron chi connectivity index (χ1n) is 8.39. The third kappa shape index (κ3) is 4.57. The molecule has 5 nitrogen and oxygen atoms in total. The molecule has 1 aliphatic heterocycles. The first-order chi connectivity index (χ1) is 11.7. The van der Waals surface area contributed by atoms with Gasteiger partial charge in [0.15, 0.2) is 0 Å². The Labute approximate surface area is 159 Å². The molecule has 3 rings (SSSR count). The molecule has 1 aliphatic rings. The van der Waals surface area contributed by atoms with Crippen LogP contribution in [0.25, 0.3) is 10.9 Å². The Morgan fingerprint density at radius 2 is 2.12 bits per heavy atom. The van der Waals surface area contributed by atoms with Gasteiger partial charge >= 0.3 is 0 Å². The van der Waals surface area contributed by atoms with E-state index in [1.165, 1.54) is 12.8 Å². The van der Waals surface area contributed by atoms with Crippen LogP contribution in [0, 0.1) is 0 Å². The molecule has 2 aromatic rings. The van der Waals surface area contributed by atoms with Gasteiger partial charge in [-0.05, 0) is 55.5 Å². The normalized spacial score (nSPS) is 15.0. The minimum Gasteiger partial charge on any atom is -0.370 e. The van der Waals surface area contributed by atoms with Crippen LogP contribution in [0.2, 0.25) is 0 Å². The standard InChI is InChI=1S/C18H24N4OS.ClH/c1-24-12-8-14(19)18(23)21-15-6-7-16(22-10-2-3-11-22)17-13(15)5-4-9-20-17;/h4-7,9,14H,2-3,8,10-12,19H2,1H3,(H,21,23);1H/t14-;/m0./s1. The van der Waals surface area contributed by atoms with Crippen molar-refractivity contribution in [2.24, 2.45) is 5.73 Å². The predicted molar refractivity (Wildman–Crippen MR) is 110 cm³/mol. The van der Waals surface area contributed by atoms with Crippen molar-refractivity contribution in [3.8, 4) is 0 Å². The quantitative estimate of drug-likeness (QED) is 0.804. The lowest BCUT2D eigenvalue weighted by Gasteiger charge is -2.21. The zero-order chi connectivity index (χ0) is 16.9. The second kappa shape index (κ2) is 9.27. The number of carbonyl (C=O) groups excluding carboxylic acids is 1. The van der Waals surface area contributed by atoms with Gasteiger partial charge in [0.05, 0.1) is 22.9 Å². The summed E-state index contributed by atoms with van der Waals surface area (Å²) in [5.74, 6) is 0.744. The summed E-state index contributed by atoms with van der Waals surface area (Å²) >= 11 is 1.70. The molecule has 0 radical (unpaired) electrons. The number of nitrogens with one attached hydrogen (secondary N) is 1. The molecule has 1 atom stereocenters. The summed E-state index contributed by atoms with van der Waals surface area (Å²) in [7, 11) is 0. The molecule has 1 saturated heterocycles. The first kappa shape index (κ1) is 19.8. The number of amides is 1. The number of thioether (sulfide) groups is 1. The Balaban J connectivity index is 0.00000225. The molecular weight excluding hydrogens is 356 g/mol. The van der Waals surface area contributed by atoms with E-state index in [0.717, 1.165) is 41.1 Å². The van der Waals surface area contributed by atoms with E-state index < -0.39 is 6.04 Å². The molecule has 0 bridgehead atoms. The first-order valence-corrected chi connectivity index (χ1v) is 9.78. The van der Waals surface area contributed by atoms with Gasteiger partial charge in [0.2, 0.25) is 5.91 Å². The number of carbonyl (C=O) groups is 1. The lowest BCUT2D eigenvalue weighted by molar-refractivity contribution is -0.117. The fourth-order valence-electron chi connectivity index (χ4n) is 3.08. The largest absolute Gasteiger partial charge is 0.370 e. The summed E-state index contributed by atoms with van der Waals surface area (Å²) in [6, 6.07) is 7.45. The van der Waals surface area contributed by atoms with Gasteiger partial charge in [0.25, 0.3) is 0 Å². The molecule has 25 heavy (non-hydrogen) atoms. The topological polar surface area (TPSA) is 71.2 Å². The van der Waals surface area contributed by atoms with Crippen molar-refractivity contribution >= 4 is 52.4 Å². The minimum absolute atomic E-state index is 0. The highest BCUT2D eigenvalue weighted by molar-refractivity contribution is 7.98. The van der Waals surface area contributed by atoms with Gasteiger partial charge in [-0.3, -0.25) is 9.78 Å². The molecule has 0 saturated carbocycles. The zero-order valence-corrected chi connectivity index (χ0v) is 16.0. The third-order valence-corrected chi connectivity index (χ3v) is 5.07. The molecule has 1 amide bonds. The summed E-state index contributed by atoms with van der Waals surface area (Å²) < 4.78 is 0. The van der Waals surface area contributed by atoms with Crippen molar-refractivity contribution in [1.82, 2.24) is 4.98 Å². The summed E-state index contributed by atoms with van der Waals surface area (Å²) in [5.41, 5.74) is 8.84. The molecular formula is C18H25ClN4OS. The number of aromatic nitrogens is 1. The number of rotatable bonds is 6. The van der Waals surface area contributed by atoms with Crippen molar-refractivity contribution in [2.45, 2.75) is 25.3 Å². The monoisotopic (exact) mass is 380 g/mol. The fourth-order valence-corrected chi connectivity index (χ4v) is 3.57. The lowest BCUT2D eigenvalue weighted by Crippen LogP contribution is -2.36. The van der Waals surface area contributed by atoms with Crippen molar-refractivity contribution < 1.29 is 4.79 Å². The van der Waals surface area contributed by atoms with Crippen LogP contribution in [-0.2, 0) is 4.79 Å². The van der Waals surface area contributed by atoms with E-state index in [1.54, 1.807) is 18.0 Å². The average molecular weight is 381 g/mol. The summed E-state index contributed by atoms with van der Waals surface area (Å²) in [6.07, 6.45) is 6.93. The summed E-state index contributed by atoms with van der Waals surface area (Å²) in [4.78, 5) is 19.3. The molecule has 136 valence electrons. The summed E-state index contributed by atoms with van der Waals surface area (Å²) in [5, 5.41) is 3.94. The molecule has 2 heterocycles. The number of hydrogen-bond acceptors (Lipinski definition) is 5. The van der Waals surface area contributed by atoms with Crippen molar-refractivity contribution in [1.29, 1.82) is 0 Å². The maximum atomic E-state index is 12.3. The maximum Gasteiger partial charge on any atom is 0.241 e. The molecule has 0 unspecified atom stereocenters. The van der Waals surface area contributed by atoms with Gasteiger partial charge in [-0.2, -0.15) is 11.8 Å². The van der Waals surface area contributed by atoms with Gasteiger partial charge in [0, 0.05) is 24.7 Å². The van der Waals surface area contributed by atoms with Crippen LogP contribution in [0.15, 0.2) is 30.5 Å². The van der Waals surface area contributed by atoms with Crippen LogP contribution < -0.4 is 16.0 Å². The number of anilines is 2. The van der Waals surface area contributed by atoms with Gasteiger partial charge in [-0.25, -0.2) is 0 Å². The minimum atomic E-state index is -0.484. The van der Waals surface area contributed by atoms with Crippen molar-refractivity contribution in [3.63, 3.8) is 0 Å². The smallest absolute Gasteiger partial charge is 0.241 e. The number of hydrogen-bond donors (Lipinski definition) is 2. The van der Waals surface area contributed by atoms with E-state index in [0.29, 0.717) is 6.42 Å². The Morgan fingerprint density at radius 1 is 1.36 bits per heavy atom. The number of nitrogens with zero attached hydrogens (tertiary/aromatic N) is 2. The van der Waals surface area contributed by atoms with Crippen molar-refractivity contribution in [3.05, 3.63) is 30.5 Å². The van der Waals surface area contributed by atoms with Crippen LogP contribution in [0.3, 0.4) is 0 Å². The van der Waals surface area contributed by atoms with E-state index in [-0.39, 0.29) is 18.3 Å². The highest BCUT2D eigenvalue weighted by atomic mass is 35.5. The molecule has 0 spiro atoms. The van der Waals surface area contributed by atoms with Gasteiger partial charge < -0.3 is 16.0 Å². The van der Waals surface area contributed by atoms with Gasteiger partial charge in [0.1, 0.15) is 0 Å². The molecule has 1 fully saturated rings. The van der Waals surface area contributed by atoms with Crippen LogP contribution >= 0.6 is 24.2 Å². The van der Waals surface area contributed by atoms with Crippen LogP contribution in [0.5, 0.6) is 0 Å². The number of benzene rings is 1. The van der Waals surface area contributed by atoms with E-state index in [4.69, 9.17) is 5.73 Å². The average Bonchev–Trinajstić information content (AvgIpc) is 3.14. The van der Waals surface area contributed by atoms with Crippen molar-refractivity contribution in [2.75, 3.05) is 35.3 Å². The summed E-state index contributed by atoms with van der Waals surface area (Å²) in [6.45, 7) is 2.13. The molecule has 1 aromatic heterocycles. The third-order valence-electron chi connectivity index (χ3n) is 4.42. The van der Waals surface area contributed by atoms with Crippen LogP contribution in [-0.4, -0.2) is 42.0 Å². The number of fused-ring (bicyclic) bond motifs is 1. The Morgan fingerprint density at radius 3 is 2.84 bits per heavy atom. The highest BCUT2D eigenvalue weighted by Crippen LogP contribution is 2.32. The lowest BCUT2D eigenvalue weighted by atomic mass is 10.1. The van der Waals surface area contributed by atoms with E-state index in [1.807, 2.05) is 24.5 Å². The zero-order valence-electron chi connectivity index (χ0n) is 14.4. The van der Waals surface area contributed by atoms with E-state index >= 15 is 0 Å². The second-order valence-electron chi connectivity index (χ2n) is 6.10. The van der Waals surface area contributed by atoms with E-state index in [2.05, 4.69) is 21.3 Å². The number of nitrogens with two attached hydrogens (primary N) is 1. The Bertz CT molecular complexity index is 721. The Hall–Kier alpha value is -1.50. The SMILES string of the molecule is CSCC[C@H](N)C(=O)Nc1ccc(N2CCCC2)c2ncccc12.Cl. The molecule has 0 aliphatic carbocycles. The fraction of sp³-hybridized carbons (Fsp3) is 0.444. The predicted octanol–water partition coefficient (Wildman–Crippen LogP) is 3.28. The number of pyridine rings is 1. The van der Waals surface area contributed by atoms with Crippen LogP contribution in [0.1, 0.15) is 19.3 Å². The molecule has 1 aromatic carbocycles. The molecule has 3 N–H and O–H groups in total. The van der Waals surface area contributed by atoms with Crippen LogP contribution in [0.4, 0.5) is 11.4 Å². The second-order valence-corrected chi connectivity index (χ2v) is 7.09. The maximum absolute atomic E-state index is 12.3. The Kier molecular flexibility index (Phi) is 7.35. The van der Waals surface area contributed by atoms with Gasteiger partial charge in [-0.15, -0.1) is 12.4 Å². The van der Waals surface area contributed by atoms with Gasteiger partial charge in [-0.1, -0.05) is 0 Å². The van der Waals surface area contributed by atoms with E-state index in [9.17, 15) is 4.79 Å².